The maximum atomic E-state index is 7.29. The standard InChI is InChI=1S/C9H14N4/c1-2-5-12-7-4-3-6-13-8(7)9(10)11/h3-4,6,12H,2,5H2,1H3,(H3,10,11). The zero-order valence-electron chi connectivity index (χ0n) is 7.67. The van der Waals surface area contributed by atoms with Crippen LogP contribution in [0.3, 0.4) is 0 Å². The Morgan fingerprint density at radius 1 is 1.69 bits per heavy atom. The molecule has 0 bridgehead atoms. The molecule has 0 fully saturated rings. The maximum Gasteiger partial charge on any atom is 0.143 e. The SMILES string of the molecule is CCCNc1cccnc1C(=N)N. The predicted octanol–water partition coefficient (Wildman–Crippen LogP) is 1.19. The third-order valence-electron chi connectivity index (χ3n) is 1.63. The first-order valence-electron chi connectivity index (χ1n) is 4.29. The zero-order chi connectivity index (χ0) is 9.68. The first-order chi connectivity index (χ1) is 6.25. The lowest BCUT2D eigenvalue weighted by atomic mass is 10.2. The quantitative estimate of drug-likeness (QED) is 0.479. The largest absolute Gasteiger partial charge is 0.383 e. The number of hydrogen-bond acceptors (Lipinski definition) is 3. The topological polar surface area (TPSA) is 74.8 Å². The monoisotopic (exact) mass is 178 g/mol. The van der Waals surface area contributed by atoms with Crippen molar-refractivity contribution < 1.29 is 0 Å². The smallest absolute Gasteiger partial charge is 0.143 e. The van der Waals surface area contributed by atoms with Crippen LogP contribution in [0.1, 0.15) is 19.0 Å². The molecule has 0 radical (unpaired) electrons. The Morgan fingerprint density at radius 2 is 2.46 bits per heavy atom. The molecule has 1 aromatic heterocycles. The zero-order valence-corrected chi connectivity index (χ0v) is 7.67. The highest BCUT2D eigenvalue weighted by Gasteiger charge is 2.03. The molecule has 1 heterocycles. The van der Waals surface area contributed by atoms with Gasteiger partial charge in [-0.3, -0.25) is 10.4 Å². The van der Waals surface area contributed by atoms with Crippen LogP contribution in [0.5, 0.6) is 0 Å². The lowest BCUT2D eigenvalue weighted by Crippen LogP contribution is -2.16. The number of pyridine rings is 1. The Morgan fingerprint density at radius 3 is 3.08 bits per heavy atom. The van der Waals surface area contributed by atoms with Crippen LogP contribution in [0.25, 0.3) is 0 Å². The van der Waals surface area contributed by atoms with E-state index in [9.17, 15) is 0 Å². The minimum atomic E-state index is -0.000738. The van der Waals surface area contributed by atoms with Crippen LogP contribution in [0.4, 0.5) is 5.69 Å². The van der Waals surface area contributed by atoms with Crippen LogP contribution in [0.2, 0.25) is 0 Å². The molecule has 70 valence electrons. The molecule has 4 N–H and O–H groups in total. The van der Waals surface area contributed by atoms with E-state index in [0.29, 0.717) is 5.69 Å². The highest BCUT2D eigenvalue weighted by molar-refractivity contribution is 5.98. The lowest BCUT2D eigenvalue weighted by Gasteiger charge is -2.08. The highest BCUT2D eigenvalue weighted by Crippen LogP contribution is 2.10. The molecule has 0 atom stereocenters. The average Bonchev–Trinajstić information content (AvgIpc) is 2.15. The molecule has 1 rings (SSSR count). The molecule has 0 spiro atoms. The van der Waals surface area contributed by atoms with Crippen molar-refractivity contribution in [3.8, 4) is 0 Å². The van der Waals surface area contributed by atoms with Crippen LogP contribution in [-0.4, -0.2) is 17.4 Å². The fourth-order valence-corrected chi connectivity index (χ4v) is 1.02. The van der Waals surface area contributed by atoms with Crippen LogP contribution in [-0.2, 0) is 0 Å². The van der Waals surface area contributed by atoms with Crippen LogP contribution in [0.15, 0.2) is 18.3 Å². The second-order valence-electron chi connectivity index (χ2n) is 2.74. The minimum Gasteiger partial charge on any atom is -0.383 e. The van der Waals surface area contributed by atoms with Gasteiger partial charge in [0, 0.05) is 12.7 Å². The summed E-state index contributed by atoms with van der Waals surface area (Å²) in [4.78, 5) is 4.02. The first-order valence-corrected chi connectivity index (χ1v) is 4.29. The van der Waals surface area contributed by atoms with Gasteiger partial charge in [0.15, 0.2) is 0 Å². The number of aromatic nitrogens is 1. The summed E-state index contributed by atoms with van der Waals surface area (Å²) in [6, 6.07) is 3.70. The maximum absolute atomic E-state index is 7.29. The summed E-state index contributed by atoms with van der Waals surface area (Å²) in [7, 11) is 0. The Labute approximate surface area is 77.7 Å². The molecule has 0 aliphatic carbocycles. The second-order valence-corrected chi connectivity index (χ2v) is 2.74. The van der Waals surface area contributed by atoms with Gasteiger partial charge in [0.2, 0.25) is 0 Å². The van der Waals surface area contributed by atoms with E-state index in [1.165, 1.54) is 0 Å². The fourth-order valence-electron chi connectivity index (χ4n) is 1.02. The normalized spacial score (nSPS) is 9.62. The molecule has 4 heteroatoms. The second kappa shape index (κ2) is 4.45. The molecule has 13 heavy (non-hydrogen) atoms. The van der Waals surface area contributed by atoms with E-state index in [1.807, 2.05) is 12.1 Å². The van der Waals surface area contributed by atoms with Gasteiger partial charge in [-0.1, -0.05) is 6.92 Å². The Kier molecular flexibility index (Phi) is 3.25. The number of hydrogen-bond donors (Lipinski definition) is 3. The number of anilines is 1. The van der Waals surface area contributed by atoms with E-state index in [1.54, 1.807) is 6.20 Å². The van der Waals surface area contributed by atoms with Crippen molar-refractivity contribution in [2.75, 3.05) is 11.9 Å². The highest BCUT2D eigenvalue weighted by atomic mass is 14.9. The van der Waals surface area contributed by atoms with Crippen molar-refractivity contribution in [1.82, 2.24) is 4.98 Å². The molecular formula is C9H14N4. The van der Waals surface area contributed by atoms with E-state index in [0.717, 1.165) is 18.7 Å². The summed E-state index contributed by atoms with van der Waals surface area (Å²) in [5.41, 5.74) is 6.72. The fraction of sp³-hybridized carbons (Fsp3) is 0.333. The summed E-state index contributed by atoms with van der Waals surface area (Å²) in [6.07, 6.45) is 2.67. The van der Waals surface area contributed by atoms with Gasteiger partial charge in [0.25, 0.3) is 0 Å². The van der Waals surface area contributed by atoms with Crippen molar-refractivity contribution in [2.45, 2.75) is 13.3 Å². The van der Waals surface area contributed by atoms with E-state index in [2.05, 4.69) is 17.2 Å². The molecule has 4 nitrogen and oxygen atoms in total. The van der Waals surface area contributed by atoms with E-state index < -0.39 is 0 Å². The Hall–Kier alpha value is -1.58. The van der Waals surface area contributed by atoms with Gasteiger partial charge in [0.05, 0.1) is 5.69 Å². The summed E-state index contributed by atoms with van der Waals surface area (Å²) in [6.45, 7) is 2.95. The van der Waals surface area contributed by atoms with Gasteiger partial charge >= 0.3 is 0 Å². The number of rotatable bonds is 4. The minimum absolute atomic E-state index is 0.000738. The molecule has 0 saturated carbocycles. The van der Waals surface area contributed by atoms with Crippen molar-refractivity contribution in [1.29, 1.82) is 5.41 Å². The van der Waals surface area contributed by atoms with Crippen molar-refractivity contribution in [2.24, 2.45) is 5.73 Å². The molecule has 0 unspecified atom stereocenters. The third kappa shape index (κ3) is 2.43. The average molecular weight is 178 g/mol. The van der Waals surface area contributed by atoms with Gasteiger partial charge in [-0.25, -0.2) is 0 Å². The third-order valence-corrected chi connectivity index (χ3v) is 1.63. The molecule has 1 aromatic rings. The number of amidine groups is 1. The van der Waals surface area contributed by atoms with Gasteiger partial charge in [-0.2, -0.15) is 0 Å². The molecule has 0 aliphatic rings. The molecule has 0 amide bonds. The van der Waals surface area contributed by atoms with Crippen molar-refractivity contribution in [3.63, 3.8) is 0 Å². The summed E-state index contributed by atoms with van der Waals surface area (Å²) in [5, 5.41) is 10.4. The van der Waals surface area contributed by atoms with E-state index in [4.69, 9.17) is 11.1 Å². The molecule has 0 aromatic carbocycles. The number of nitrogens with two attached hydrogens (primary N) is 1. The van der Waals surface area contributed by atoms with Crippen LogP contribution >= 0.6 is 0 Å². The first kappa shape index (κ1) is 9.51. The predicted molar refractivity (Wildman–Crippen MR) is 54.0 cm³/mol. The number of nitrogen functional groups attached to an aromatic ring is 1. The number of nitrogens with one attached hydrogen (secondary N) is 2. The number of nitrogens with zero attached hydrogens (tertiary/aromatic N) is 1. The Balaban J connectivity index is 2.84. The van der Waals surface area contributed by atoms with E-state index in [-0.39, 0.29) is 5.84 Å². The van der Waals surface area contributed by atoms with Crippen LogP contribution < -0.4 is 11.1 Å². The van der Waals surface area contributed by atoms with Gasteiger partial charge < -0.3 is 11.1 Å². The summed E-state index contributed by atoms with van der Waals surface area (Å²) in [5.74, 6) is -0.000738. The lowest BCUT2D eigenvalue weighted by molar-refractivity contribution is 0.976. The molecule has 0 saturated heterocycles. The molecular weight excluding hydrogens is 164 g/mol. The van der Waals surface area contributed by atoms with Gasteiger partial charge in [-0.05, 0) is 18.6 Å². The molecule has 0 aliphatic heterocycles. The van der Waals surface area contributed by atoms with E-state index >= 15 is 0 Å². The van der Waals surface area contributed by atoms with Gasteiger partial charge in [-0.15, -0.1) is 0 Å². The Bertz CT molecular complexity index is 295. The van der Waals surface area contributed by atoms with Crippen molar-refractivity contribution in [3.05, 3.63) is 24.0 Å². The van der Waals surface area contributed by atoms with Gasteiger partial charge in [0.1, 0.15) is 11.5 Å². The summed E-state index contributed by atoms with van der Waals surface area (Å²) >= 11 is 0. The van der Waals surface area contributed by atoms with Crippen LogP contribution in [0, 0.1) is 5.41 Å². The summed E-state index contributed by atoms with van der Waals surface area (Å²) < 4.78 is 0. The van der Waals surface area contributed by atoms with Crippen molar-refractivity contribution >= 4 is 11.5 Å².